The smallest absolute Gasteiger partial charge is 0.407 e. The number of nitrogens with one attached hydrogen (secondary N) is 4. The summed E-state index contributed by atoms with van der Waals surface area (Å²) in [4.78, 5) is 71.0. The van der Waals surface area contributed by atoms with Gasteiger partial charge in [0.15, 0.2) is 0 Å². The van der Waals surface area contributed by atoms with E-state index in [1.807, 2.05) is 31.0 Å². The molecule has 16 nitrogen and oxygen atoms in total. The lowest BCUT2D eigenvalue weighted by Crippen LogP contribution is -2.51. The van der Waals surface area contributed by atoms with E-state index in [1.54, 1.807) is 11.8 Å². The summed E-state index contributed by atoms with van der Waals surface area (Å²) in [5.74, 6) is 1.87. The third kappa shape index (κ3) is 7.35. The first-order chi connectivity index (χ1) is 29.5. The minimum atomic E-state index is -0.714. The lowest BCUT2D eigenvalue weighted by molar-refractivity contribution is -0.135. The van der Waals surface area contributed by atoms with Crippen molar-refractivity contribution in [3.05, 3.63) is 71.4 Å². The fourth-order valence-electron chi connectivity index (χ4n) is 10.1. The number of imidazole rings is 2. The van der Waals surface area contributed by atoms with Crippen LogP contribution >= 0.6 is 0 Å². The molecule has 2 aliphatic heterocycles. The van der Waals surface area contributed by atoms with Gasteiger partial charge in [0.25, 0.3) is 0 Å². The number of alkyl carbamates (subject to hydrolysis) is 2. The Balaban J connectivity index is 0.950. The standard InChI is InChI=1S/C45H52N10O6/c1-23(2)37(51-45(59)61-5)43(57)55-19-7-9-34(55)41-48-30-17-16-29(21-31(30)49-41)39-36-28-15-14-27(20-28)35(36)38(52-53-39)26-12-10-25(11-13-26)32-22-46-40(50-32)33-8-6-18-54(33)42(56)24(3)47-44(58)60-4/h10-13,16-17,21-24,27-28,33-34,37H,6-9,14-15,18-20H2,1-5H3,(H,46,50)(H,47,58)(H,48,49)(H,51,59). The zero-order valence-corrected chi connectivity index (χ0v) is 35.2. The fraction of sp³-hybridized carbons (Fsp3) is 0.467. The Morgan fingerprint density at radius 2 is 1.31 bits per heavy atom. The van der Waals surface area contributed by atoms with Crippen LogP contribution in [0.5, 0.6) is 0 Å². The number of aromatic amines is 2. The number of aromatic nitrogens is 6. The molecule has 61 heavy (non-hydrogen) atoms. The van der Waals surface area contributed by atoms with Crippen LogP contribution in [-0.2, 0) is 19.1 Å². The molecule has 3 aromatic heterocycles. The molecule has 3 fully saturated rings. The van der Waals surface area contributed by atoms with Crippen molar-refractivity contribution in [1.82, 2.24) is 50.6 Å². The first-order valence-corrected chi connectivity index (χ1v) is 21.4. The van der Waals surface area contributed by atoms with Gasteiger partial charge in [0.2, 0.25) is 11.8 Å². The van der Waals surface area contributed by atoms with E-state index in [0.717, 1.165) is 101 Å². The Hall–Kier alpha value is -6.32. The summed E-state index contributed by atoms with van der Waals surface area (Å²) in [6.45, 7) is 6.66. The number of fused-ring (bicyclic) bond motifs is 6. The summed E-state index contributed by atoms with van der Waals surface area (Å²) < 4.78 is 9.48. The van der Waals surface area contributed by atoms with Crippen LogP contribution < -0.4 is 10.6 Å². The molecule has 2 aliphatic carbocycles. The van der Waals surface area contributed by atoms with E-state index in [0.29, 0.717) is 24.9 Å². The molecule has 318 valence electrons. The first-order valence-electron chi connectivity index (χ1n) is 21.4. The molecule has 2 bridgehead atoms. The Labute approximate surface area is 353 Å². The number of hydrogen-bond acceptors (Lipinski definition) is 10. The molecular formula is C45H52N10O6. The highest BCUT2D eigenvalue weighted by Gasteiger charge is 2.42. The van der Waals surface area contributed by atoms with E-state index in [4.69, 9.17) is 19.9 Å². The summed E-state index contributed by atoms with van der Waals surface area (Å²) in [7, 11) is 2.57. The van der Waals surface area contributed by atoms with Crippen molar-refractivity contribution in [3.63, 3.8) is 0 Å². The highest BCUT2D eigenvalue weighted by atomic mass is 16.5. The number of benzene rings is 2. The highest BCUT2D eigenvalue weighted by Crippen LogP contribution is 2.57. The molecule has 4 aliphatic rings. The number of amides is 4. The van der Waals surface area contributed by atoms with Crippen molar-refractivity contribution in [3.8, 4) is 33.8 Å². The van der Waals surface area contributed by atoms with E-state index in [2.05, 4.69) is 66.7 Å². The quantitative estimate of drug-likeness (QED) is 0.115. The molecule has 4 N–H and O–H groups in total. The van der Waals surface area contributed by atoms with Gasteiger partial charge in [-0.1, -0.05) is 44.2 Å². The molecule has 5 heterocycles. The molecule has 9 rings (SSSR count). The number of hydrogen-bond donors (Lipinski definition) is 4. The molecule has 6 atom stereocenters. The van der Waals surface area contributed by atoms with Crippen molar-refractivity contribution in [1.29, 1.82) is 0 Å². The minimum Gasteiger partial charge on any atom is -0.453 e. The molecule has 0 radical (unpaired) electrons. The Bertz CT molecular complexity index is 2500. The van der Waals surface area contributed by atoms with Crippen LogP contribution in [0.25, 0.3) is 44.8 Å². The van der Waals surface area contributed by atoms with Crippen LogP contribution in [0, 0.1) is 5.92 Å². The first kappa shape index (κ1) is 40.1. The Morgan fingerprint density at radius 3 is 1.97 bits per heavy atom. The van der Waals surface area contributed by atoms with Gasteiger partial charge in [-0.3, -0.25) is 9.59 Å². The van der Waals surface area contributed by atoms with Crippen molar-refractivity contribution < 1.29 is 28.7 Å². The van der Waals surface area contributed by atoms with Crippen LogP contribution in [0.3, 0.4) is 0 Å². The van der Waals surface area contributed by atoms with E-state index < -0.39 is 24.3 Å². The number of rotatable bonds is 10. The number of methoxy groups -OCH3 is 2. The number of carbonyl (C=O) groups excluding carboxylic acids is 4. The van der Waals surface area contributed by atoms with Gasteiger partial charge in [0, 0.05) is 24.2 Å². The van der Waals surface area contributed by atoms with E-state index in [9.17, 15) is 19.2 Å². The van der Waals surface area contributed by atoms with Crippen LogP contribution in [-0.4, -0.2) is 103 Å². The summed E-state index contributed by atoms with van der Waals surface area (Å²) in [6, 6.07) is 12.7. The van der Waals surface area contributed by atoms with Gasteiger partial charge in [-0.05, 0) is 98.4 Å². The normalized spacial score (nSPS) is 21.5. The third-order valence-corrected chi connectivity index (χ3v) is 13.1. The van der Waals surface area contributed by atoms with Crippen LogP contribution in [0.4, 0.5) is 9.59 Å². The van der Waals surface area contributed by atoms with Gasteiger partial charge in [-0.15, -0.1) is 10.2 Å². The predicted octanol–water partition coefficient (Wildman–Crippen LogP) is 6.89. The molecule has 5 aromatic rings. The molecule has 2 saturated heterocycles. The summed E-state index contributed by atoms with van der Waals surface area (Å²) >= 11 is 0. The maximum Gasteiger partial charge on any atom is 0.407 e. The van der Waals surface area contributed by atoms with Gasteiger partial charge in [0.05, 0.1) is 60.6 Å². The Kier molecular flexibility index (Phi) is 10.7. The maximum absolute atomic E-state index is 13.8. The number of nitrogens with zero attached hydrogens (tertiary/aromatic N) is 6. The number of likely N-dealkylation sites (tertiary alicyclic amines) is 2. The molecule has 6 unspecified atom stereocenters. The second kappa shape index (κ2) is 16.3. The third-order valence-electron chi connectivity index (χ3n) is 13.1. The van der Waals surface area contributed by atoms with Crippen LogP contribution in [0.2, 0.25) is 0 Å². The van der Waals surface area contributed by atoms with Crippen molar-refractivity contribution in [2.24, 2.45) is 5.92 Å². The zero-order valence-electron chi connectivity index (χ0n) is 35.2. The molecular weight excluding hydrogens is 777 g/mol. The average Bonchev–Trinajstić information content (AvgIpc) is 4.13. The van der Waals surface area contributed by atoms with Crippen molar-refractivity contribution in [2.75, 3.05) is 27.3 Å². The number of ether oxygens (including phenoxy) is 2. The summed E-state index contributed by atoms with van der Waals surface area (Å²) in [5, 5.41) is 15.2. The second-order valence-corrected chi connectivity index (χ2v) is 17.1. The lowest BCUT2D eigenvalue weighted by Gasteiger charge is -2.29. The SMILES string of the molecule is COC(=O)NC(C)C(=O)N1CCCC1c1ncc(-c2ccc(-c3nnc(-c4ccc5nc(C6CCCN6C(=O)C(NC(=O)OC)C(C)C)[nH]c5c4)c4c3C3CCC4C3)cc2)[nH]1. The molecule has 0 spiro atoms. The zero-order chi connectivity index (χ0) is 42.5. The number of carbonyl (C=O) groups is 4. The molecule has 4 amide bonds. The number of H-pyrrole nitrogens is 2. The van der Waals surface area contributed by atoms with Crippen molar-refractivity contribution >= 4 is 35.0 Å². The van der Waals surface area contributed by atoms with E-state index in [-0.39, 0.29) is 29.8 Å². The lowest BCUT2D eigenvalue weighted by atomic mass is 9.86. The maximum atomic E-state index is 13.8. The van der Waals surface area contributed by atoms with Gasteiger partial charge < -0.3 is 39.9 Å². The van der Waals surface area contributed by atoms with Crippen molar-refractivity contribution in [2.45, 2.75) is 102 Å². The van der Waals surface area contributed by atoms with Gasteiger partial charge in [-0.2, -0.15) is 0 Å². The fourth-order valence-corrected chi connectivity index (χ4v) is 10.1. The summed E-state index contributed by atoms with van der Waals surface area (Å²) in [6.07, 6.45) is 7.14. The van der Waals surface area contributed by atoms with Gasteiger partial charge in [0.1, 0.15) is 23.7 Å². The molecule has 16 heteroatoms. The second-order valence-electron chi connectivity index (χ2n) is 17.1. The monoisotopic (exact) mass is 828 g/mol. The largest absolute Gasteiger partial charge is 0.453 e. The topological polar surface area (TPSA) is 200 Å². The van der Waals surface area contributed by atoms with Gasteiger partial charge in [-0.25, -0.2) is 19.6 Å². The highest BCUT2D eigenvalue weighted by molar-refractivity contribution is 5.88. The minimum absolute atomic E-state index is 0.116. The Morgan fingerprint density at radius 1 is 0.721 bits per heavy atom. The van der Waals surface area contributed by atoms with E-state index >= 15 is 0 Å². The predicted molar refractivity (Wildman–Crippen MR) is 226 cm³/mol. The molecule has 1 saturated carbocycles. The van der Waals surface area contributed by atoms with Crippen LogP contribution in [0.15, 0.2) is 48.7 Å². The van der Waals surface area contributed by atoms with Crippen LogP contribution in [0.1, 0.15) is 112 Å². The van der Waals surface area contributed by atoms with Gasteiger partial charge >= 0.3 is 12.2 Å². The van der Waals surface area contributed by atoms with E-state index in [1.165, 1.54) is 25.3 Å². The summed E-state index contributed by atoms with van der Waals surface area (Å²) in [5.41, 5.74) is 9.93. The average molecular weight is 829 g/mol. The molecule has 2 aromatic carbocycles.